The second-order valence-corrected chi connectivity index (χ2v) is 6.68. The molecule has 1 amide bonds. The number of fused-ring (bicyclic) bond motifs is 1. The normalized spacial score (nSPS) is 15.3. The fraction of sp³-hybridized carbons (Fsp3) is 0.286. The highest BCUT2D eigenvalue weighted by atomic mass is 16.2. The molecule has 0 saturated carbocycles. The molecule has 4 rings (SSSR count). The number of para-hydroxylation sites is 1. The van der Waals surface area contributed by atoms with Gasteiger partial charge in [-0.1, -0.05) is 36.4 Å². The molecule has 5 heteroatoms. The van der Waals surface area contributed by atoms with Gasteiger partial charge in [0, 0.05) is 42.8 Å². The van der Waals surface area contributed by atoms with Crippen LogP contribution < -0.4 is 0 Å². The SMILES string of the molecule is Cc1nc(CN2CCN(C(=O)c3ccccc3)CC2)nc2ccccc12. The third-order valence-electron chi connectivity index (χ3n) is 4.89. The number of aromatic nitrogens is 2. The van der Waals surface area contributed by atoms with Crippen molar-refractivity contribution in [3.8, 4) is 0 Å². The minimum Gasteiger partial charge on any atom is -0.336 e. The van der Waals surface area contributed by atoms with E-state index in [9.17, 15) is 4.79 Å². The van der Waals surface area contributed by atoms with Gasteiger partial charge in [-0.05, 0) is 25.1 Å². The van der Waals surface area contributed by atoms with Gasteiger partial charge in [0.25, 0.3) is 5.91 Å². The maximum atomic E-state index is 12.5. The summed E-state index contributed by atoms with van der Waals surface area (Å²) in [5.74, 6) is 0.965. The van der Waals surface area contributed by atoms with Crippen LogP contribution in [0.1, 0.15) is 21.9 Å². The van der Waals surface area contributed by atoms with Crippen molar-refractivity contribution in [1.29, 1.82) is 0 Å². The molecule has 1 aliphatic heterocycles. The van der Waals surface area contributed by atoms with E-state index in [0.717, 1.165) is 60.7 Å². The molecule has 0 unspecified atom stereocenters. The van der Waals surface area contributed by atoms with E-state index in [-0.39, 0.29) is 5.91 Å². The zero-order valence-corrected chi connectivity index (χ0v) is 14.9. The average molecular weight is 346 g/mol. The summed E-state index contributed by atoms with van der Waals surface area (Å²) in [6, 6.07) is 17.6. The topological polar surface area (TPSA) is 49.3 Å². The number of hydrogen-bond donors (Lipinski definition) is 0. The number of carbonyl (C=O) groups excluding carboxylic acids is 1. The molecule has 1 aromatic heterocycles. The van der Waals surface area contributed by atoms with E-state index in [1.165, 1.54) is 0 Å². The quantitative estimate of drug-likeness (QED) is 0.732. The summed E-state index contributed by atoms with van der Waals surface area (Å²) in [5.41, 5.74) is 2.77. The third-order valence-corrected chi connectivity index (χ3v) is 4.89. The molecule has 2 aromatic carbocycles. The van der Waals surface area contributed by atoms with E-state index in [4.69, 9.17) is 4.98 Å². The van der Waals surface area contributed by atoms with E-state index < -0.39 is 0 Å². The number of benzene rings is 2. The van der Waals surface area contributed by atoms with Gasteiger partial charge in [0.1, 0.15) is 5.82 Å². The average Bonchev–Trinajstić information content (AvgIpc) is 2.69. The Morgan fingerprint density at radius 1 is 0.923 bits per heavy atom. The molecule has 5 nitrogen and oxygen atoms in total. The summed E-state index contributed by atoms with van der Waals surface area (Å²) in [6.07, 6.45) is 0. The molecular weight excluding hydrogens is 324 g/mol. The molecule has 3 aromatic rings. The van der Waals surface area contributed by atoms with E-state index in [0.29, 0.717) is 0 Å². The van der Waals surface area contributed by atoms with Crippen LogP contribution in [0.25, 0.3) is 10.9 Å². The van der Waals surface area contributed by atoms with Gasteiger partial charge in [0.15, 0.2) is 0 Å². The lowest BCUT2D eigenvalue weighted by molar-refractivity contribution is 0.0625. The summed E-state index contributed by atoms with van der Waals surface area (Å²) in [4.78, 5) is 26.1. The first-order valence-electron chi connectivity index (χ1n) is 8.99. The number of carbonyl (C=O) groups is 1. The fourth-order valence-corrected chi connectivity index (χ4v) is 3.44. The van der Waals surface area contributed by atoms with Crippen LogP contribution >= 0.6 is 0 Å². The molecule has 1 aliphatic rings. The van der Waals surface area contributed by atoms with E-state index >= 15 is 0 Å². The van der Waals surface area contributed by atoms with Gasteiger partial charge in [-0.25, -0.2) is 9.97 Å². The van der Waals surface area contributed by atoms with Crippen LogP contribution in [0.4, 0.5) is 0 Å². The summed E-state index contributed by atoms with van der Waals surface area (Å²) in [6.45, 7) is 5.91. The Morgan fingerprint density at radius 3 is 2.38 bits per heavy atom. The molecule has 2 heterocycles. The molecule has 0 atom stereocenters. The van der Waals surface area contributed by atoms with Gasteiger partial charge in [-0.15, -0.1) is 0 Å². The Morgan fingerprint density at radius 2 is 1.62 bits per heavy atom. The number of nitrogens with zero attached hydrogens (tertiary/aromatic N) is 4. The smallest absolute Gasteiger partial charge is 0.253 e. The maximum absolute atomic E-state index is 12.5. The molecule has 1 fully saturated rings. The minimum absolute atomic E-state index is 0.114. The van der Waals surface area contributed by atoms with Gasteiger partial charge in [-0.2, -0.15) is 0 Å². The predicted molar refractivity (Wildman–Crippen MR) is 102 cm³/mol. The first kappa shape index (κ1) is 16.7. The standard InChI is InChI=1S/C21H22N4O/c1-16-18-9-5-6-10-19(18)23-20(22-16)15-24-11-13-25(14-12-24)21(26)17-7-3-2-4-8-17/h2-10H,11-15H2,1H3. The summed E-state index contributed by atoms with van der Waals surface area (Å²) < 4.78 is 0. The second kappa shape index (κ2) is 7.22. The molecule has 26 heavy (non-hydrogen) atoms. The first-order chi connectivity index (χ1) is 12.7. The van der Waals surface area contributed by atoms with Gasteiger partial charge in [0.2, 0.25) is 0 Å². The zero-order valence-electron chi connectivity index (χ0n) is 14.9. The van der Waals surface area contributed by atoms with E-state index in [1.54, 1.807) is 0 Å². The summed E-state index contributed by atoms with van der Waals surface area (Å²) in [7, 11) is 0. The van der Waals surface area contributed by atoms with Crippen molar-refractivity contribution in [2.75, 3.05) is 26.2 Å². The number of piperazine rings is 1. The van der Waals surface area contributed by atoms with Crippen molar-refractivity contribution in [3.63, 3.8) is 0 Å². The third kappa shape index (κ3) is 3.44. The molecule has 0 aliphatic carbocycles. The lowest BCUT2D eigenvalue weighted by Crippen LogP contribution is -2.48. The number of rotatable bonds is 3. The minimum atomic E-state index is 0.114. The Labute approximate surface area is 153 Å². The molecule has 132 valence electrons. The van der Waals surface area contributed by atoms with Crippen molar-refractivity contribution in [2.45, 2.75) is 13.5 Å². The van der Waals surface area contributed by atoms with Crippen LogP contribution in [0, 0.1) is 6.92 Å². The van der Waals surface area contributed by atoms with Crippen LogP contribution in [-0.4, -0.2) is 51.9 Å². The Hall–Kier alpha value is -2.79. The van der Waals surface area contributed by atoms with Gasteiger partial charge in [-0.3, -0.25) is 9.69 Å². The molecule has 0 radical (unpaired) electrons. The highest BCUT2D eigenvalue weighted by molar-refractivity contribution is 5.94. The summed E-state index contributed by atoms with van der Waals surface area (Å²) in [5, 5.41) is 1.11. The number of amides is 1. The number of aryl methyl sites for hydroxylation is 1. The lowest BCUT2D eigenvalue weighted by atomic mass is 10.2. The second-order valence-electron chi connectivity index (χ2n) is 6.68. The highest BCUT2D eigenvalue weighted by Gasteiger charge is 2.22. The predicted octanol–water partition coefficient (Wildman–Crippen LogP) is 2.90. The molecular formula is C21H22N4O. The van der Waals surface area contributed by atoms with Crippen LogP contribution in [-0.2, 0) is 6.54 Å². The van der Waals surface area contributed by atoms with Crippen LogP contribution in [0.5, 0.6) is 0 Å². The molecule has 1 saturated heterocycles. The van der Waals surface area contributed by atoms with Gasteiger partial charge < -0.3 is 4.90 Å². The van der Waals surface area contributed by atoms with Crippen molar-refractivity contribution >= 4 is 16.8 Å². The molecule has 0 spiro atoms. The highest BCUT2D eigenvalue weighted by Crippen LogP contribution is 2.16. The Bertz CT molecular complexity index is 918. The van der Waals surface area contributed by atoms with Crippen molar-refractivity contribution in [3.05, 3.63) is 71.7 Å². The zero-order chi connectivity index (χ0) is 17.9. The van der Waals surface area contributed by atoms with Crippen LogP contribution in [0.15, 0.2) is 54.6 Å². The molecule has 0 bridgehead atoms. The summed E-state index contributed by atoms with van der Waals surface area (Å²) >= 11 is 0. The largest absolute Gasteiger partial charge is 0.336 e. The van der Waals surface area contributed by atoms with Crippen LogP contribution in [0.2, 0.25) is 0 Å². The Balaban J connectivity index is 1.40. The fourth-order valence-electron chi connectivity index (χ4n) is 3.44. The van der Waals surface area contributed by atoms with Crippen LogP contribution in [0.3, 0.4) is 0 Å². The molecule has 0 N–H and O–H groups in total. The van der Waals surface area contributed by atoms with E-state index in [2.05, 4.69) is 16.0 Å². The van der Waals surface area contributed by atoms with Gasteiger partial charge in [0.05, 0.1) is 12.1 Å². The van der Waals surface area contributed by atoms with Gasteiger partial charge >= 0.3 is 0 Å². The Kier molecular flexibility index (Phi) is 4.63. The number of hydrogen-bond acceptors (Lipinski definition) is 4. The first-order valence-corrected chi connectivity index (χ1v) is 8.99. The van der Waals surface area contributed by atoms with Crippen molar-refractivity contribution in [2.24, 2.45) is 0 Å². The van der Waals surface area contributed by atoms with Crippen molar-refractivity contribution < 1.29 is 4.79 Å². The maximum Gasteiger partial charge on any atom is 0.253 e. The lowest BCUT2D eigenvalue weighted by Gasteiger charge is -2.34. The van der Waals surface area contributed by atoms with E-state index in [1.807, 2.05) is 60.4 Å². The van der Waals surface area contributed by atoms with Crippen molar-refractivity contribution in [1.82, 2.24) is 19.8 Å². The monoisotopic (exact) mass is 346 g/mol.